The van der Waals surface area contributed by atoms with Crippen LogP contribution in [0, 0.1) is 0 Å². The van der Waals surface area contributed by atoms with Gasteiger partial charge in [-0.3, -0.25) is 0 Å². The van der Waals surface area contributed by atoms with Crippen molar-refractivity contribution in [3.05, 3.63) is 113 Å². The predicted octanol–water partition coefficient (Wildman–Crippen LogP) is 5.92. The fraction of sp³-hybridized carbons (Fsp3) is 0.188. The highest BCUT2D eigenvalue weighted by atomic mass is 16.5. The molecule has 0 spiro atoms. The van der Waals surface area contributed by atoms with Crippen LogP contribution in [-0.4, -0.2) is 23.9 Å². The molecular formula is C32H30O8. The molecule has 0 N–H and O–H groups in total. The van der Waals surface area contributed by atoms with Crippen LogP contribution in [0.1, 0.15) is 47.8 Å². The fourth-order valence-corrected chi connectivity index (χ4v) is 3.43. The third kappa shape index (κ3) is 8.01. The van der Waals surface area contributed by atoms with Crippen LogP contribution in [0.4, 0.5) is 0 Å². The van der Waals surface area contributed by atoms with Crippen LogP contribution >= 0.6 is 0 Å². The van der Waals surface area contributed by atoms with Crippen molar-refractivity contribution in [3.63, 3.8) is 0 Å². The van der Waals surface area contributed by atoms with E-state index in [0.717, 1.165) is 16.3 Å². The molecule has 0 atom stereocenters. The lowest BCUT2D eigenvalue weighted by Gasteiger charge is -2.13. The predicted molar refractivity (Wildman–Crippen MR) is 149 cm³/mol. The van der Waals surface area contributed by atoms with Crippen molar-refractivity contribution in [1.29, 1.82) is 0 Å². The van der Waals surface area contributed by atoms with Gasteiger partial charge in [-0.05, 0) is 78.6 Å². The second-order valence-electron chi connectivity index (χ2n) is 9.29. The number of hydrogen-bond donors (Lipinski definition) is 0. The third-order valence-electron chi connectivity index (χ3n) is 5.66. The van der Waals surface area contributed by atoms with Gasteiger partial charge in [-0.2, -0.15) is 0 Å². The lowest BCUT2D eigenvalue weighted by atomic mass is 10.0. The van der Waals surface area contributed by atoms with Crippen molar-refractivity contribution < 1.29 is 38.1 Å². The molecule has 8 heteroatoms. The molecule has 0 bridgehead atoms. The molecule has 0 aliphatic carbocycles. The summed E-state index contributed by atoms with van der Waals surface area (Å²) < 4.78 is 21.3. The number of esters is 4. The summed E-state index contributed by atoms with van der Waals surface area (Å²) in [5.41, 5.74) is 2.84. The largest absolute Gasteiger partial charge is 0.457 e. The number of carbonyl (C=O) groups is 4. The molecule has 0 aromatic heterocycles. The molecule has 8 nitrogen and oxygen atoms in total. The van der Waals surface area contributed by atoms with E-state index in [2.05, 4.69) is 19.7 Å². The summed E-state index contributed by atoms with van der Waals surface area (Å²) >= 11 is 0. The van der Waals surface area contributed by atoms with E-state index in [1.165, 1.54) is 26.0 Å². The molecule has 0 aliphatic heterocycles. The molecule has 0 aliphatic rings. The Morgan fingerprint density at radius 2 is 1.12 bits per heavy atom. The van der Waals surface area contributed by atoms with Gasteiger partial charge in [-0.25, -0.2) is 19.2 Å². The first-order valence-corrected chi connectivity index (χ1v) is 12.3. The van der Waals surface area contributed by atoms with E-state index in [1.54, 1.807) is 31.2 Å². The SMILES string of the molecule is C=C(C)C(=O)OCc1ccc2cc(OC(=O)c3ccc(COC(=O)C(=C)C)c(COC(=O)C(=C)C)c3)ccc2c1. The summed E-state index contributed by atoms with van der Waals surface area (Å²) in [6.45, 7) is 15.2. The molecule has 3 aromatic carbocycles. The van der Waals surface area contributed by atoms with Gasteiger partial charge in [0.15, 0.2) is 0 Å². The first-order valence-electron chi connectivity index (χ1n) is 12.3. The van der Waals surface area contributed by atoms with E-state index in [1.807, 2.05) is 18.2 Å². The van der Waals surface area contributed by atoms with Crippen molar-refractivity contribution in [2.45, 2.75) is 40.6 Å². The van der Waals surface area contributed by atoms with Gasteiger partial charge in [0.2, 0.25) is 0 Å². The second-order valence-corrected chi connectivity index (χ2v) is 9.29. The fourth-order valence-electron chi connectivity index (χ4n) is 3.43. The summed E-state index contributed by atoms with van der Waals surface area (Å²) in [5, 5.41) is 1.70. The molecule has 0 radical (unpaired) electrons. The molecular weight excluding hydrogens is 512 g/mol. The zero-order chi connectivity index (χ0) is 29.4. The van der Waals surface area contributed by atoms with Crippen LogP contribution in [0.25, 0.3) is 10.8 Å². The van der Waals surface area contributed by atoms with Gasteiger partial charge in [-0.1, -0.05) is 44.0 Å². The van der Waals surface area contributed by atoms with Gasteiger partial charge < -0.3 is 18.9 Å². The van der Waals surface area contributed by atoms with Crippen LogP contribution in [0.15, 0.2) is 91.1 Å². The van der Waals surface area contributed by atoms with Crippen molar-refractivity contribution in [2.75, 3.05) is 0 Å². The Labute approximate surface area is 232 Å². The molecule has 0 fully saturated rings. The van der Waals surface area contributed by atoms with E-state index in [9.17, 15) is 19.2 Å². The van der Waals surface area contributed by atoms with Crippen LogP contribution in [-0.2, 0) is 48.4 Å². The molecule has 0 heterocycles. The maximum absolute atomic E-state index is 13.0. The Bertz CT molecular complexity index is 1530. The molecule has 3 aromatic rings. The highest BCUT2D eigenvalue weighted by Crippen LogP contribution is 2.24. The summed E-state index contributed by atoms with van der Waals surface area (Å²) in [6.07, 6.45) is 0. The van der Waals surface area contributed by atoms with Gasteiger partial charge in [0.1, 0.15) is 25.6 Å². The van der Waals surface area contributed by atoms with Crippen LogP contribution in [0.2, 0.25) is 0 Å². The maximum atomic E-state index is 13.0. The van der Waals surface area contributed by atoms with Crippen LogP contribution in [0.3, 0.4) is 0 Å². The molecule has 0 unspecified atom stereocenters. The topological polar surface area (TPSA) is 105 Å². The molecule has 40 heavy (non-hydrogen) atoms. The number of carbonyl (C=O) groups excluding carboxylic acids is 4. The van der Waals surface area contributed by atoms with Gasteiger partial charge in [-0.15, -0.1) is 0 Å². The minimum absolute atomic E-state index is 0.0972. The van der Waals surface area contributed by atoms with Gasteiger partial charge >= 0.3 is 23.9 Å². The number of ether oxygens (including phenoxy) is 4. The highest BCUT2D eigenvalue weighted by molar-refractivity contribution is 5.93. The minimum atomic E-state index is -0.624. The van der Waals surface area contributed by atoms with E-state index < -0.39 is 23.9 Å². The van der Waals surface area contributed by atoms with Crippen molar-refractivity contribution in [1.82, 2.24) is 0 Å². The number of rotatable bonds is 11. The smallest absolute Gasteiger partial charge is 0.343 e. The molecule has 0 amide bonds. The molecule has 3 rings (SSSR count). The molecule has 0 saturated heterocycles. The van der Waals surface area contributed by atoms with Crippen LogP contribution < -0.4 is 4.74 Å². The minimum Gasteiger partial charge on any atom is -0.457 e. The summed E-state index contributed by atoms with van der Waals surface area (Å²) in [4.78, 5) is 48.4. The summed E-state index contributed by atoms with van der Waals surface area (Å²) in [6, 6.07) is 15.4. The Balaban J connectivity index is 1.77. The number of fused-ring (bicyclic) bond motifs is 1. The molecule has 0 saturated carbocycles. The highest BCUT2D eigenvalue weighted by Gasteiger charge is 2.16. The number of benzene rings is 3. The molecule has 206 valence electrons. The quantitative estimate of drug-likeness (QED) is 0.127. The standard InChI is InChI=1S/C32H30O8/c1-19(2)29(33)37-16-22-7-8-24-15-28(12-11-23(24)13-22)40-32(36)25-9-10-26(17-38-30(34)20(3)4)27(14-25)18-39-31(35)21(5)6/h7-15H,1,3,5,16-18H2,2,4,6H3. The Morgan fingerprint density at radius 3 is 1.73 bits per heavy atom. The Hall–Kier alpha value is -4.98. The summed E-state index contributed by atoms with van der Waals surface area (Å²) in [7, 11) is 0. The third-order valence-corrected chi connectivity index (χ3v) is 5.66. The lowest BCUT2D eigenvalue weighted by molar-refractivity contribution is -0.141. The Morgan fingerprint density at radius 1 is 0.600 bits per heavy atom. The monoisotopic (exact) mass is 542 g/mol. The van der Waals surface area contributed by atoms with E-state index in [0.29, 0.717) is 22.4 Å². The van der Waals surface area contributed by atoms with Crippen molar-refractivity contribution in [2.24, 2.45) is 0 Å². The summed E-state index contributed by atoms with van der Waals surface area (Å²) in [5.74, 6) is -1.91. The first kappa shape index (κ1) is 29.6. The number of hydrogen-bond acceptors (Lipinski definition) is 8. The van der Waals surface area contributed by atoms with E-state index in [-0.39, 0.29) is 36.5 Å². The van der Waals surface area contributed by atoms with Gasteiger partial charge in [0.05, 0.1) is 5.56 Å². The zero-order valence-electron chi connectivity index (χ0n) is 22.7. The second kappa shape index (κ2) is 13.2. The Kier molecular flexibility index (Phi) is 9.76. The lowest BCUT2D eigenvalue weighted by Crippen LogP contribution is -2.13. The average molecular weight is 543 g/mol. The average Bonchev–Trinajstić information content (AvgIpc) is 2.92. The first-order chi connectivity index (χ1) is 18.9. The van der Waals surface area contributed by atoms with Crippen molar-refractivity contribution in [3.8, 4) is 5.75 Å². The normalized spacial score (nSPS) is 10.4. The van der Waals surface area contributed by atoms with Crippen molar-refractivity contribution >= 4 is 34.6 Å². The van der Waals surface area contributed by atoms with Crippen LogP contribution in [0.5, 0.6) is 5.75 Å². The van der Waals surface area contributed by atoms with E-state index >= 15 is 0 Å². The zero-order valence-corrected chi connectivity index (χ0v) is 22.7. The van der Waals surface area contributed by atoms with Gasteiger partial charge in [0, 0.05) is 16.7 Å². The van der Waals surface area contributed by atoms with E-state index in [4.69, 9.17) is 18.9 Å². The maximum Gasteiger partial charge on any atom is 0.343 e. The van der Waals surface area contributed by atoms with Gasteiger partial charge in [0.25, 0.3) is 0 Å².